The zero-order valence-corrected chi connectivity index (χ0v) is 27.0. The van der Waals surface area contributed by atoms with Gasteiger partial charge < -0.3 is 24.5 Å². The third-order valence-corrected chi connectivity index (χ3v) is 10.9. The maximum absolute atomic E-state index is 17.5. The summed E-state index contributed by atoms with van der Waals surface area (Å²) < 4.78 is 58.9. The quantitative estimate of drug-likeness (QED) is 0.197. The summed E-state index contributed by atoms with van der Waals surface area (Å²) in [6.07, 6.45) is 10.9. The summed E-state index contributed by atoms with van der Waals surface area (Å²) in [7, 11) is 0. The monoisotopic (exact) mass is 665 g/mol. The van der Waals surface area contributed by atoms with Gasteiger partial charge in [0.25, 0.3) is 0 Å². The first-order chi connectivity index (χ1) is 23.7. The maximum atomic E-state index is 17.5. The van der Waals surface area contributed by atoms with E-state index in [-0.39, 0.29) is 69.2 Å². The summed E-state index contributed by atoms with van der Waals surface area (Å²) in [5.41, 5.74) is 0.719. The summed E-state index contributed by atoms with van der Waals surface area (Å²) >= 11 is 0. The highest BCUT2D eigenvalue weighted by Gasteiger charge is 2.47. The summed E-state index contributed by atoms with van der Waals surface area (Å²) in [4.78, 5) is 14.1. The van der Waals surface area contributed by atoms with E-state index in [1.165, 1.54) is 24.3 Å². The van der Waals surface area contributed by atoms with Gasteiger partial charge >= 0.3 is 6.01 Å². The molecule has 49 heavy (non-hydrogen) atoms. The Bertz CT molecular complexity index is 2270. The molecule has 5 aromatic rings. The molecule has 2 bridgehead atoms. The van der Waals surface area contributed by atoms with Crippen LogP contribution in [0, 0.1) is 30.9 Å². The fourth-order valence-corrected chi connectivity index (χ4v) is 8.86. The van der Waals surface area contributed by atoms with Crippen LogP contribution in [0.1, 0.15) is 43.4 Å². The first-order valence-corrected chi connectivity index (χ1v) is 16.8. The highest BCUT2D eigenvalue weighted by atomic mass is 19.1. The first-order valence-electron chi connectivity index (χ1n) is 16.8. The minimum absolute atomic E-state index is 0.00339. The number of benzene rings is 3. The lowest BCUT2D eigenvalue weighted by atomic mass is 9.91. The molecule has 4 aliphatic rings. The van der Waals surface area contributed by atoms with Crippen molar-refractivity contribution in [2.45, 2.75) is 56.7 Å². The van der Waals surface area contributed by atoms with Crippen molar-refractivity contribution < 1.29 is 27.4 Å². The average Bonchev–Trinajstić information content (AvgIpc) is 3.85. The van der Waals surface area contributed by atoms with Crippen LogP contribution in [0.5, 0.6) is 11.8 Å². The van der Waals surface area contributed by atoms with E-state index in [1.54, 1.807) is 6.92 Å². The molecule has 0 aliphatic carbocycles. The van der Waals surface area contributed by atoms with Crippen molar-refractivity contribution in [3.8, 4) is 35.2 Å². The Morgan fingerprint density at radius 3 is 2.76 bits per heavy atom. The Morgan fingerprint density at radius 1 is 1.16 bits per heavy atom. The molecule has 0 radical (unpaired) electrons. The third-order valence-electron chi connectivity index (χ3n) is 10.9. The second-order valence-corrected chi connectivity index (χ2v) is 14.0. The molecule has 250 valence electrons. The van der Waals surface area contributed by atoms with Gasteiger partial charge in [-0.25, -0.2) is 13.2 Å². The molecule has 3 atom stereocenters. The highest BCUT2D eigenvalue weighted by molar-refractivity contribution is 6.18. The van der Waals surface area contributed by atoms with Gasteiger partial charge in [-0.15, -0.1) is 6.42 Å². The van der Waals surface area contributed by atoms with E-state index in [2.05, 4.69) is 21.0 Å². The lowest BCUT2D eigenvalue weighted by molar-refractivity contribution is 0.108. The first kappa shape index (κ1) is 30.3. The van der Waals surface area contributed by atoms with Crippen LogP contribution in [0.15, 0.2) is 46.7 Å². The van der Waals surface area contributed by atoms with Crippen LogP contribution in [0.4, 0.5) is 19.0 Å². The largest absolute Gasteiger partial charge is 0.508 e. The Labute approximate surface area is 280 Å². The number of ether oxygens (including phenoxy) is 1. The van der Waals surface area contributed by atoms with Crippen LogP contribution in [-0.2, 0) is 0 Å². The zero-order chi connectivity index (χ0) is 33.6. The molecule has 8 nitrogen and oxygen atoms in total. The SMILES string of the molecule is C#Cc1c(F)ccc2cc(O)cc(-c3c(F)c4nc(OC[C@@]56CCCN5C/C(=C\F)C6)nc(N5C[C@H]6CC[C@@H](C5)N6)c4c4cc(C)oc34)c12. The molecule has 9 rings (SSSR count). The number of terminal acetylenes is 1. The van der Waals surface area contributed by atoms with Crippen LogP contribution in [0.3, 0.4) is 0 Å². The fourth-order valence-electron chi connectivity index (χ4n) is 8.86. The molecule has 6 heterocycles. The van der Waals surface area contributed by atoms with Crippen LogP contribution in [0.25, 0.3) is 43.8 Å². The van der Waals surface area contributed by atoms with Crippen LogP contribution < -0.4 is 15.0 Å². The van der Waals surface area contributed by atoms with E-state index in [1.807, 2.05) is 6.07 Å². The van der Waals surface area contributed by atoms with Gasteiger partial charge in [-0.1, -0.05) is 12.0 Å². The van der Waals surface area contributed by atoms with Crippen molar-refractivity contribution >= 4 is 38.5 Å². The molecule has 0 amide bonds. The summed E-state index contributed by atoms with van der Waals surface area (Å²) in [5, 5.41) is 16.2. The van der Waals surface area contributed by atoms with Gasteiger partial charge in [0.05, 0.1) is 28.4 Å². The Morgan fingerprint density at radius 2 is 1.98 bits per heavy atom. The topological polar surface area (TPSA) is 86.9 Å². The van der Waals surface area contributed by atoms with E-state index in [4.69, 9.17) is 25.5 Å². The molecule has 2 N–H and O–H groups in total. The highest BCUT2D eigenvalue weighted by Crippen LogP contribution is 2.47. The average molecular weight is 666 g/mol. The molecule has 4 fully saturated rings. The summed E-state index contributed by atoms with van der Waals surface area (Å²) in [6.45, 7) is 4.76. The molecule has 2 aromatic heterocycles. The Balaban J connectivity index is 1.29. The van der Waals surface area contributed by atoms with E-state index in [0.717, 1.165) is 37.8 Å². The number of rotatable bonds is 5. The smallest absolute Gasteiger partial charge is 0.319 e. The number of aromatic nitrogens is 2. The van der Waals surface area contributed by atoms with Crippen LogP contribution >= 0.6 is 0 Å². The van der Waals surface area contributed by atoms with E-state index < -0.39 is 11.6 Å². The Kier molecular flexibility index (Phi) is 6.87. The number of aryl methyl sites for hydroxylation is 1. The van der Waals surface area contributed by atoms with Gasteiger partial charge in [0.2, 0.25) is 0 Å². The number of piperazine rings is 1. The predicted octanol–water partition coefficient (Wildman–Crippen LogP) is 6.88. The predicted molar refractivity (Wildman–Crippen MR) is 182 cm³/mol. The number of hydrogen-bond acceptors (Lipinski definition) is 8. The van der Waals surface area contributed by atoms with Crippen molar-refractivity contribution in [3.05, 3.63) is 65.2 Å². The van der Waals surface area contributed by atoms with Crippen molar-refractivity contribution in [1.82, 2.24) is 20.2 Å². The van der Waals surface area contributed by atoms with Gasteiger partial charge in [0, 0.05) is 48.1 Å². The molecule has 0 unspecified atom stereocenters. The number of furan rings is 1. The third kappa shape index (κ3) is 4.68. The summed E-state index contributed by atoms with van der Waals surface area (Å²) in [6, 6.07) is 7.96. The minimum Gasteiger partial charge on any atom is -0.508 e. The van der Waals surface area contributed by atoms with Gasteiger partial charge in [-0.2, -0.15) is 9.97 Å². The number of anilines is 1. The van der Waals surface area contributed by atoms with Gasteiger partial charge in [0.15, 0.2) is 5.82 Å². The standard InChI is InChI=1S/C38H34F3N5O3/c1-3-26-29(40)8-5-22-12-25(47)13-27(30(22)26)31-33(41)34-32(28-11-20(2)49-35(28)31)36(45-17-23-6-7-24(18-45)42-23)44-37(43-34)48-19-38-9-4-10-46(38)16-21(14-38)15-39/h1,5,8,11-13,15,23-24,42,47H,4,6-7,9-10,14,16-19H2,2H3/b21-15-/t23-,24+,38-/m0/s1. The molecule has 0 saturated carbocycles. The number of fused-ring (bicyclic) bond motifs is 7. The van der Waals surface area contributed by atoms with Crippen molar-refractivity contribution in [1.29, 1.82) is 0 Å². The van der Waals surface area contributed by atoms with Crippen molar-refractivity contribution in [3.63, 3.8) is 0 Å². The van der Waals surface area contributed by atoms with Gasteiger partial charge in [0.1, 0.15) is 40.9 Å². The van der Waals surface area contributed by atoms with Crippen molar-refractivity contribution in [2.24, 2.45) is 0 Å². The number of phenols is 1. The second-order valence-electron chi connectivity index (χ2n) is 14.0. The lowest BCUT2D eigenvalue weighted by Gasteiger charge is -2.35. The normalized spacial score (nSPS) is 24.5. The van der Waals surface area contributed by atoms with E-state index in [0.29, 0.717) is 60.1 Å². The van der Waals surface area contributed by atoms with E-state index in [9.17, 15) is 9.50 Å². The fraction of sp³-hybridized carbons (Fsp3) is 0.368. The van der Waals surface area contributed by atoms with Crippen molar-refractivity contribution in [2.75, 3.05) is 37.7 Å². The number of halogens is 3. The minimum atomic E-state index is -0.730. The van der Waals surface area contributed by atoms with Crippen LogP contribution in [0.2, 0.25) is 0 Å². The van der Waals surface area contributed by atoms with Gasteiger partial charge in [-0.05, 0) is 80.8 Å². The molecule has 4 aliphatic heterocycles. The number of nitrogens with one attached hydrogen (secondary N) is 1. The second kappa shape index (κ2) is 11.1. The number of nitrogens with zero attached hydrogens (tertiary/aromatic N) is 4. The molecule has 3 aromatic carbocycles. The molecule has 0 spiro atoms. The van der Waals surface area contributed by atoms with Gasteiger partial charge in [-0.3, -0.25) is 4.90 Å². The Hall–Kier alpha value is -4.79. The molecule has 11 heteroatoms. The molecular formula is C38H34F3N5O3. The maximum Gasteiger partial charge on any atom is 0.319 e. The molecule has 4 saturated heterocycles. The van der Waals surface area contributed by atoms with E-state index >= 15 is 8.78 Å². The molecular weight excluding hydrogens is 631 g/mol. The summed E-state index contributed by atoms with van der Waals surface area (Å²) in [5.74, 6) is 1.98. The number of hydrogen-bond donors (Lipinski definition) is 2. The zero-order valence-electron chi connectivity index (χ0n) is 27.0. The van der Waals surface area contributed by atoms with Crippen LogP contribution in [-0.4, -0.2) is 70.4 Å². The number of phenolic OH excluding ortho intramolecular Hbond substituents is 1. The number of aromatic hydroxyl groups is 1. The lowest BCUT2D eigenvalue weighted by Crippen LogP contribution is -2.51.